The summed E-state index contributed by atoms with van der Waals surface area (Å²) in [5.74, 6) is -0.458. The minimum absolute atomic E-state index is 0.229. The van der Waals surface area contributed by atoms with Crippen molar-refractivity contribution in [1.82, 2.24) is 0 Å². The lowest BCUT2D eigenvalue weighted by Crippen LogP contribution is -2.13. The molecular weight excluding hydrogens is 188 g/mol. The van der Waals surface area contributed by atoms with E-state index in [0.717, 1.165) is 19.3 Å². The van der Waals surface area contributed by atoms with E-state index in [2.05, 4.69) is 25.1 Å². The Balaban J connectivity index is 2.30. The summed E-state index contributed by atoms with van der Waals surface area (Å²) in [6, 6.07) is 6.39. The van der Waals surface area contributed by atoms with E-state index in [1.54, 1.807) is 0 Å². The fourth-order valence-electron chi connectivity index (χ4n) is 2.47. The highest BCUT2D eigenvalue weighted by molar-refractivity contribution is 5.68. The number of aliphatic carboxylic acids is 1. The van der Waals surface area contributed by atoms with E-state index in [4.69, 9.17) is 5.11 Å². The fourth-order valence-corrected chi connectivity index (χ4v) is 2.47. The first-order valence-electron chi connectivity index (χ1n) is 5.48. The molecule has 0 unspecified atom stereocenters. The van der Waals surface area contributed by atoms with Crippen LogP contribution in [0.3, 0.4) is 0 Å². The first kappa shape index (κ1) is 10.2. The van der Waals surface area contributed by atoms with E-state index >= 15 is 0 Å². The van der Waals surface area contributed by atoms with Gasteiger partial charge in [0.15, 0.2) is 0 Å². The van der Waals surface area contributed by atoms with Crippen LogP contribution in [0.2, 0.25) is 0 Å². The van der Waals surface area contributed by atoms with E-state index in [-0.39, 0.29) is 12.3 Å². The highest BCUT2D eigenvalue weighted by atomic mass is 16.4. The molecule has 1 aromatic carbocycles. The molecule has 0 aromatic heterocycles. The number of benzene rings is 1. The van der Waals surface area contributed by atoms with Crippen molar-refractivity contribution in [1.29, 1.82) is 0 Å². The zero-order valence-corrected chi connectivity index (χ0v) is 8.99. The Labute approximate surface area is 89.9 Å². The van der Waals surface area contributed by atoms with E-state index in [1.807, 2.05) is 0 Å². The average molecular weight is 204 g/mol. The molecule has 1 aliphatic rings. The highest BCUT2D eigenvalue weighted by Gasteiger charge is 2.22. The Hall–Kier alpha value is -1.31. The van der Waals surface area contributed by atoms with Crippen molar-refractivity contribution >= 4 is 5.97 Å². The number of carbonyl (C=O) groups is 1. The summed E-state index contributed by atoms with van der Waals surface area (Å²) in [6.07, 6.45) is 3.51. The molecule has 0 spiro atoms. The third kappa shape index (κ3) is 2.20. The van der Waals surface area contributed by atoms with Gasteiger partial charge in [0.2, 0.25) is 0 Å². The van der Waals surface area contributed by atoms with E-state index in [9.17, 15) is 4.79 Å². The van der Waals surface area contributed by atoms with Crippen molar-refractivity contribution in [2.45, 2.75) is 38.5 Å². The molecule has 0 fully saturated rings. The Morgan fingerprint density at radius 3 is 3.07 bits per heavy atom. The molecule has 0 saturated heterocycles. The van der Waals surface area contributed by atoms with Crippen molar-refractivity contribution in [3.8, 4) is 0 Å². The third-order valence-electron chi connectivity index (χ3n) is 3.16. The highest BCUT2D eigenvalue weighted by Crippen LogP contribution is 2.34. The van der Waals surface area contributed by atoms with E-state index < -0.39 is 5.97 Å². The third-order valence-corrected chi connectivity index (χ3v) is 3.16. The second-order valence-corrected chi connectivity index (χ2v) is 4.39. The minimum Gasteiger partial charge on any atom is -0.481 e. The standard InChI is InChI=1S/C13H16O2/c1-9-5-6-12-10(7-9)3-2-4-11(12)8-13(14)15/h5-7,11H,2-4,8H2,1H3,(H,14,15)/t11-/m0/s1. The molecule has 15 heavy (non-hydrogen) atoms. The van der Waals surface area contributed by atoms with Crippen LogP contribution >= 0.6 is 0 Å². The number of rotatable bonds is 2. The molecule has 0 amide bonds. The number of carboxylic acids is 1. The van der Waals surface area contributed by atoms with Gasteiger partial charge in [0.05, 0.1) is 6.42 Å². The van der Waals surface area contributed by atoms with Gasteiger partial charge >= 0.3 is 5.97 Å². The molecule has 0 radical (unpaired) electrons. The second-order valence-electron chi connectivity index (χ2n) is 4.39. The molecule has 80 valence electrons. The number of aryl methyl sites for hydroxylation is 2. The molecule has 1 aromatic rings. The maximum atomic E-state index is 10.7. The zero-order valence-electron chi connectivity index (χ0n) is 8.99. The van der Waals surface area contributed by atoms with Gasteiger partial charge in [0.1, 0.15) is 0 Å². The van der Waals surface area contributed by atoms with Crippen LogP contribution in [-0.2, 0) is 11.2 Å². The van der Waals surface area contributed by atoms with Crippen LogP contribution in [0.5, 0.6) is 0 Å². The van der Waals surface area contributed by atoms with Gasteiger partial charge in [-0.1, -0.05) is 23.8 Å². The molecule has 1 aliphatic carbocycles. The maximum absolute atomic E-state index is 10.7. The summed E-state index contributed by atoms with van der Waals surface area (Å²) >= 11 is 0. The molecule has 0 heterocycles. The summed E-state index contributed by atoms with van der Waals surface area (Å²) in [5.41, 5.74) is 3.88. The molecule has 0 aliphatic heterocycles. The average Bonchev–Trinajstić information content (AvgIpc) is 2.16. The van der Waals surface area contributed by atoms with Crippen molar-refractivity contribution < 1.29 is 9.90 Å². The van der Waals surface area contributed by atoms with Crippen LogP contribution in [0.1, 0.15) is 41.9 Å². The Morgan fingerprint density at radius 2 is 2.33 bits per heavy atom. The normalized spacial score (nSPS) is 19.7. The van der Waals surface area contributed by atoms with Gasteiger partial charge in [0.25, 0.3) is 0 Å². The summed E-state index contributed by atoms with van der Waals surface area (Å²) < 4.78 is 0. The molecule has 0 saturated carbocycles. The number of hydrogen-bond donors (Lipinski definition) is 1. The summed E-state index contributed by atoms with van der Waals surface area (Å²) in [7, 11) is 0. The zero-order chi connectivity index (χ0) is 10.8. The monoisotopic (exact) mass is 204 g/mol. The molecule has 2 rings (SSSR count). The van der Waals surface area contributed by atoms with Crippen LogP contribution in [-0.4, -0.2) is 11.1 Å². The fraction of sp³-hybridized carbons (Fsp3) is 0.462. The van der Waals surface area contributed by atoms with Crippen LogP contribution in [0.4, 0.5) is 0 Å². The SMILES string of the molecule is Cc1ccc2c(c1)CCC[C@H]2CC(=O)O. The number of fused-ring (bicyclic) bond motifs is 1. The summed E-state index contributed by atoms with van der Waals surface area (Å²) in [4.78, 5) is 10.7. The van der Waals surface area contributed by atoms with E-state index in [1.165, 1.54) is 16.7 Å². The quantitative estimate of drug-likeness (QED) is 0.804. The first-order valence-corrected chi connectivity index (χ1v) is 5.48. The van der Waals surface area contributed by atoms with Crippen molar-refractivity contribution in [3.05, 3.63) is 34.9 Å². The lowest BCUT2D eigenvalue weighted by molar-refractivity contribution is -0.137. The van der Waals surface area contributed by atoms with E-state index in [0.29, 0.717) is 0 Å². The van der Waals surface area contributed by atoms with Crippen LogP contribution < -0.4 is 0 Å². The first-order chi connectivity index (χ1) is 7.16. The Bertz CT molecular complexity index is 382. The van der Waals surface area contributed by atoms with Gasteiger partial charge in [-0.3, -0.25) is 4.79 Å². The minimum atomic E-state index is -0.687. The van der Waals surface area contributed by atoms with Crippen molar-refractivity contribution in [2.24, 2.45) is 0 Å². The van der Waals surface area contributed by atoms with Gasteiger partial charge in [0, 0.05) is 0 Å². The summed E-state index contributed by atoms with van der Waals surface area (Å²) in [6.45, 7) is 2.08. The van der Waals surface area contributed by atoms with Crippen LogP contribution in [0, 0.1) is 6.92 Å². The van der Waals surface area contributed by atoms with Gasteiger partial charge in [-0.15, -0.1) is 0 Å². The molecular formula is C13H16O2. The summed E-state index contributed by atoms with van der Waals surface area (Å²) in [5, 5.41) is 8.85. The Morgan fingerprint density at radius 1 is 1.53 bits per heavy atom. The molecule has 2 nitrogen and oxygen atoms in total. The second kappa shape index (κ2) is 4.05. The Kier molecular flexibility index (Phi) is 2.76. The van der Waals surface area contributed by atoms with Gasteiger partial charge in [-0.05, 0) is 43.2 Å². The molecule has 1 atom stereocenters. The molecule has 2 heteroatoms. The lowest BCUT2D eigenvalue weighted by Gasteiger charge is -2.24. The molecule has 0 bridgehead atoms. The maximum Gasteiger partial charge on any atom is 0.303 e. The van der Waals surface area contributed by atoms with Crippen molar-refractivity contribution in [2.75, 3.05) is 0 Å². The van der Waals surface area contributed by atoms with Crippen LogP contribution in [0.25, 0.3) is 0 Å². The van der Waals surface area contributed by atoms with Gasteiger partial charge < -0.3 is 5.11 Å². The van der Waals surface area contributed by atoms with Gasteiger partial charge in [-0.25, -0.2) is 0 Å². The number of carboxylic acid groups (broad SMARTS) is 1. The lowest BCUT2D eigenvalue weighted by atomic mass is 9.80. The van der Waals surface area contributed by atoms with Crippen molar-refractivity contribution in [3.63, 3.8) is 0 Å². The van der Waals surface area contributed by atoms with Gasteiger partial charge in [-0.2, -0.15) is 0 Å². The number of hydrogen-bond acceptors (Lipinski definition) is 1. The largest absolute Gasteiger partial charge is 0.481 e. The predicted octanol–water partition coefficient (Wildman–Crippen LogP) is 2.89. The topological polar surface area (TPSA) is 37.3 Å². The molecule has 1 N–H and O–H groups in total. The predicted molar refractivity (Wildman–Crippen MR) is 59.1 cm³/mol. The van der Waals surface area contributed by atoms with Crippen LogP contribution in [0.15, 0.2) is 18.2 Å². The smallest absolute Gasteiger partial charge is 0.303 e.